The Morgan fingerprint density at radius 3 is 2.94 bits per heavy atom. The zero-order valence-corrected chi connectivity index (χ0v) is 17.6. The van der Waals surface area contributed by atoms with E-state index < -0.39 is 5.95 Å². The Kier molecular flexibility index (Phi) is 5.12. The van der Waals surface area contributed by atoms with Crippen LogP contribution in [0.2, 0.25) is 0 Å². The highest BCUT2D eigenvalue weighted by atomic mass is 35.5. The first-order valence-corrected chi connectivity index (χ1v) is 9.97. The maximum atomic E-state index is 14.2. The third kappa shape index (κ3) is 3.41. The molecule has 2 N–H and O–H groups in total. The fraction of sp³-hybridized carbons (Fsp3) is 0.136. The lowest BCUT2D eigenvalue weighted by molar-refractivity contribution is 0.587. The second-order valence-corrected chi connectivity index (χ2v) is 7.45. The summed E-state index contributed by atoms with van der Waals surface area (Å²) in [6, 6.07) is 11.1. The number of hydrogen-bond donors (Lipinski definition) is 2. The van der Waals surface area contributed by atoms with Crippen molar-refractivity contribution in [3.8, 4) is 28.2 Å². The van der Waals surface area contributed by atoms with Crippen molar-refractivity contribution in [2.45, 2.75) is 13.0 Å². The lowest BCUT2D eigenvalue weighted by atomic mass is 10.0. The molecular formula is C22H18ClFN8. The van der Waals surface area contributed by atoms with Gasteiger partial charge in [-0.15, -0.1) is 17.5 Å². The van der Waals surface area contributed by atoms with Crippen molar-refractivity contribution in [2.24, 2.45) is 0 Å². The van der Waals surface area contributed by atoms with Crippen LogP contribution < -0.4 is 5.32 Å². The largest absolute Gasteiger partial charge is 0.311 e. The summed E-state index contributed by atoms with van der Waals surface area (Å²) in [6.07, 6.45) is 6.01. The maximum Gasteiger partial charge on any atom is 0.220 e. The van der Waals surface area contributed by atoms with Crippen molar-refractivity contribution in [1.29, 1.82) is 0 Å². The summed E-state index contributed by atoms with van der Waals surface area (Å²) in [4.78, 5) is 8.30. The van der Waals surface area contributed by atoms with Gasteiger partial charge in [0, 0.05) is 23.7 Å². The van der Waals surface area contributed by atoms with E-state index in [9.17, 15) is 4.39 Å². The van der Waals surface area contributed by atoms with Crippen molar-refractivity contribution in [3.63, 3.8) is 0 Å². The van der Waals surface area contributed by atoms with Crippen LogP contribution in [-0.4, -0.2) is 41.7 Å². The van der Waals surface area contributed by atoms with Crippen molar-refractivity contribution in [2.75, 3.05) is 6.54 Å². The Bertz CT molecular complexity index is 1430. The molecule has 1 aromatic carbocycles. The van der Waals surface area contributed by atoms with Gasteiger partial charge in [-0.3, -0.25) is 10.1 Å². The van der Waals surface area contributed by atoms with Gasteiger partial charge in [-0.25, -0.2) is 9.67 Å². The first kappa shape index (κ1) is 20.2. The summed E-state index contributed by atoms with van der Waals surface area (Å²) >= 11 is 0. The molecule has 0 saturated heterocycles. The number of benzene rings is 1. The molecule has 0 aliphatic carbocycles. The number of fused-ring (bicyclic) bond motifs is 2. The highest BCUT2D eigenvalue weighted by molar-refractivity contribution is 5.94. The Hall–Kier alpha value is -3.69. The number of halogens is 2. The molecular weight excluding hydrogens is 431 g/mol. The zero-order chi connectivity index (χ0) is 20.8. The van der Waals surface area contributed by atoms with Gasteiger partial charge in [-0.05, 0) is 54.4 Å². The fourth-order valence-corrected chi connectivity index (χ4v) is 3.93. The van der Waals surface area contributed by atoms with Crippen LogP contribution in [0.5, 0.6) is 0 Å². The number of H-pyrrole nitrogens is 1. The molecule has 0 atom stereocenters. The van der Waals surface area contributed by atoms with Crippen molar-refractivity contribution < 1.29 is 4.39 Å². The monoisotopic (exact) mass is 448 g/mol. The van der Waals surface area contributed by atoms with Crippen LogP contribution in [-0.2, 0) is 13.0 Å². The third-order valence-electron chi connectivity index (χ3n) is 5.54. The van der Waals surface area contributed by atoms with Gasteiger partial charge < -0.3 is 5.32 Å². The molecule has 6 rings (SSSR count). The summed E-state index contributed by atoms with van der Waals surface area (Å²) in [5, 5.41) is 20.2. The Balaban J connectivity index is 0.00000216. The van der Waals surface area contributed by atoms with Gasteiger partial charge >= 0.3 is 0 Å². The molecule has 8 nitrogen and oxygen atoms in total. The minimum atomic E-state index is -0.507. The van der Waals surface area contributed by atoms with Gasteiger partial charge in [0.2, 0.25) is 5.95 Å². The summed E-state index contributed by atoms with van der Waals surface area (Å²) in [6.45, 7) is 1.73. The number of nitrogens with zero attached hydrogens (tertiary/aromatic N) is 6. The van der Waals surface area contributed by atoms with Gasteiger partial charge in [-0.1, -0.05) is 11.3 Å². The van der Waals surface area contributed by atoms with Crippen LogP contribution in [0.4, 0.5) is 4.39 Å². The second-order valence-electron chi connectivity index (χ2n) is 7.45. The molecule has 0 amide bonds. The fourth-order valence-electron chi connectivity index (χ4n) is 3.93. The predicted molar refractivity (Wildman–Crippen MR) is 120 cm³/mol. The standard InChI is InChI=1S/C22H17FN8.ClH/c23-22-16(2-1-6-25-22)13-3-4-18-17(9-13)21(29-27-18)20-12-31(30-28-20)15-8-14-5-7-24-11-19(14)26-10-15;/h1-4,6,8-10,12,24H,5,7,11H2,(H,27,29);1H. The molecule has 0 unspecified atom stereocenters. The van der Waals surface area contributed by atoms with Crippen molar-refractivity contribution in [3.05, 3.63) is 72.2 Å². The molecule has 1 aliphatic rings. The minimum Gasteiger partial charge on any atom is -0.311 e. The van der Waals surface area contributed by atoms with Crippen LogP contribution in [0.1, 0.15) is 11.3 Å². The van der Waals surface area contributed by atoms with Crippen LogP contribution in [0.25, 0.3) is 39.1 Å². The van der Waals surface area contributed by atoms with Crippen LogP contribution >= 0.6 is 12.4 Å². The van der Waals surface area contributed by atoms with E-state index in [2.05, 4.69) is 41.9 Å². The van der Waals surface area contributed by atoms with E-state index in [1.54, 1.807) is 23.0 Å². The van der Waals surface area contributed by atoms with Gasteiger partial charge in [0.25, 0.3) is 0 Å². The number of aromatic amines is 1. The first-order chi connectivity index (χ1) is 15.3. The minimum absolute atomic E-state index is 0. The molecule has 160 valence electrons. The van der Waals surface area contributed by atoms with Gasteiger partial charge in [-0.2, -0.15) is 9.49 Å². The third-order valence-corrected chi connectivity index (χ3v) is 5.54. The van der Waals surface area contributed by atoms with E-state index in [0.29, 0.717) is 17.0 Å². The van der Waals surface area contributed by atoms with Crippen LogP contribution in [0.3, 0.4) is 0 Å². The Morgan fingerprint density at radius 2 is 2.03 bits per heavy atom. The quantitative estimate of drug-likeness (QED) is 0.410. The van der Waals surface area contributed by atoms with Crippen LogP contribution in [0.15, 0.2) is 55.0 Å². The number of hydrogen-bond acceptors (Lipinski definition) is 6. The van der Waals surface area contributed by atoms with E-state index in [1.807, 2.05) is 24.4 Å². The van der Waals surface area contributed by atoms with E-state index in [1.165, 1.54) is 11.8 Å². The lowest BCUT2D eigenvalue weighted by Gasteiger charge is -2.16. The van der Waals surface area contributed by atoms with Crippen LogP contribution in [0, 0.1) is 5.95 Å². The predicted octanol–water partition coefficient (Wildman–Crippen LogP) is 3.47. The molecule has 1 aliphatic heterocycles. The summed E-state index contributed by atoms with van der Waals surface area (Å²) in [7, 11) is 0. The first-order valence-electron chi connectivity index (χ1n) is 9.97. The smallest absolute Gasteiger partial charge is 0.220 e. The summed E-state index contributed by atoms with van der Waals surface area (Å²) < 4.78 is 15.9. The number of aromatic nitrogens is 7. The maximum absolute atomic E-state index is 14.2. The number of rotatable bonds is 3. The summed E-state index contributed by atoms with van der Waals surface area (Å²) in [5.41, 5.74) is 6.43. The Morgan fingerprint density at radius 1 is 1.09 bits per heavy atom. The zero-order valence-electron chi connectivity index (χ0n) is 16.8. The van der Waals surface area contributed by atoms with Gasteiger partial charge in [0.1, 0.15) is 11.4 Å². The van der Waals surface area contributed by atoms with E-state index in [-0.39, 0.29) is 12.4 Å². The highest BCUT2D eigenvalue weighted by Crippen LogP contribution is 2.30. The molecule has 0 radical (unpaired) electrons. The molecule has 0 fully saturated rings. The normalized spacial score (nSPS) is 13.0. The van der Waals surface area contributed by atoms with Gasteiger partial charge in [0.05, 0.1) is 29.3 Å². The van der Waals surface area contributed by atoms with E-state index in [0.717, 1.165) is 47.4 Å². The molecule has 5 heterocycles. The number of nitrogens with one attached hydrogen (secondary N) is 2. The average Bonchev–Trinajstić information content (AvgIpc) is 3.46. The van der Waals surface area contributed by atoms with Crippen molar-refractivity contribution in [1.82, 2.24) is 40.5 Å². The molecule has 5 aromatic rings. The molecule has 0 bridgehead atoms. The molecule has 0 spiro atoms. The highest BCUT2D eigenvalue weighted by Gasteiger charge is 2.16. The lowest BCUT2D eigenvalue weighted by Crippen LogP contribution is -2.24. The topological polar surface area (TPSA) is 97.2 Å². The van der Waals surface area contributed by atoms with E-state index in [4.69, 9.17) is 0 Å². The number of pyridine rings is 2. The van der Waals surface area contributed by atoms with Gasteiger partial charge in [0.15, 0.2) is 0 Å². The van der Waals surface area contributed by atoms with Crippen molar-refractivity contribution >= 4 is 23.3 Å². The molecule has 32 heavy (non-hydrogen) atoms. The summed E-state index contributed by atoms with van der Waals surface area (Å²) in [5.74, 6) is -0.507. The Labute approximate surface area is 188 Å². The SMILES string of the molecule is Cl.Fc1ncccc1-c1ccc2[nH]nc(-c3cn(-c4cnc5c(c4)CCNC5)nn3)c2c1. The molecule has 0 saturated carbocycles. The average molecular weight is 449 g/mol. The molecule has 10 heteroatoms. The molecule has 4 aromatic heterocycles. The van der Waals surface area contributed by atoms with E-state index >= 15 is 0 Å². The second kappa shape index (κ2) is 8.10.